The van der Waals surface area contributed by atoms with Gasteiger partial charge in [0.2, 0.25) is 11.8 Å². The van der Waals surface area contributed by atoms with Crippen LogP contribution in [0.25, 0.3) is 0 Å². The number of rotatable bonds is 7. The highest BCUT2D eigenvalue weighted by molar-refractivity contribution is 6.01. The van der Waals surface area contributed by atoms with E-state index in [9.17, 15) is 27.6 Å². The van der Waals surface area contributed by atoms with Gasteiger partial charge in [0.05, 0.1) is 0 Å². The lowest BCUT2D eigenvalue weighted by atomic mass is 10.1. The first-order valence-corrected chi connectivity index (χ1v) is 7.87. The number of anilines is 1. The number of hydrogen-bond acceptors (Lipinski definition) is 3. The molecule has 0 fully saturated rings. The minimum atomic E-state index is -1.18. The molecule has 0 spiro atoms. The molecule has 3 amide bonds. The zero-order valence-electron chi connectivity index (χ0n) is 14.0. The first-order chi connectivity index (χ1) is 12.8. The van der Waals surface area contributed by atoms with Crippen molar-refractivity contribution in [1.82, 2.24) is 5.32 Å². The second-order valence-electron chi connectivity index (χ2n) is 5.66. The van der Waals surface area contributed by atoms with E-state index < -0.39 is 41.2 Å². The molecule has 9 heteroatoms. The third-order valence-electron chi connectivity index (χ3n) is 3.59. The molecule has 142 valence electrons. The molecule has 0 radical (unpaired) electrons. The maximum Gasteiger partial charge on any atom is 0.251 e. The minimum Gasteiger partial charge on any atom is -0.370 e. The summed E-state index contributed by atoms with van der Waals surface area (Å²) < 4.78 is 39.2. The van der Waals surface area contributed by atoms with Crippen LogP contribution < -0.4 is 16.4 Å². The Balaban J connectivity index is 2.12. The maximum absolute atomic E-state index is 13.3. The summed E-state index contributed by atoms with van der Waals surface area (Å²) in [4.78, 5) is 35.6. The summed E-state index contributed by atoms with van der Waals surface area (Å²) in [5, 5.41) is 4.73. The van der Waals surface area contributed by atoms with Crippen molar-refractivity contribution >= 4 is 23.4 Å². The molecule has 0 aliphatic rings. The molecule has 0 saturated carbocycles. The zero-order valence-corrected chi connectivity index (χ0v) is 14.0. The molecule has 0 saturated heterocycles. The summed E-state index contributed by atoms with van der Waals surface area (Å²) in [7, 11) is 0. The molecule has 0 aromatic heterocycles. The second-order valence-corrected chi connectivity index (χ2v) is 5.66. The first kappa shape index (κ1) is 20.0. The van der Waals surface area contributed by atoms with Gasteiger partial charge >= 0.3 is 0 Å². The van der Waals surface area contributed by atoms with E-state index in [1.807, 2.05) is 0 Å². The summed E-state index contributed by atoms with van der Waals surface area (Å²) >= 11 is 0. The summed E-state index contributed by atoms with van der Waals surface area (Å²) in [5.41, 5.74) is 5.14. The number of nitrogens with two attached hydrogens (primary N) is 1. The molecule has 4 N–H and O–H groups in total. The lowest BCUT2D eigenvalue weighted by Crippen LogP contribution is -2.44. The lowest BCUT2D eigenvalue weighted by molar-refractivity contribution is -0.119. The van der Waals surface area contributed by atoms with Crippen LogP contribution in [0.2, 0.25) is 0 Å². The van der Waals surface area contributed by atoms with E-state index >= 15 is 0 Å². The fraction of sp³-hybridized carbons (Fsp3) is 0.167. The number of nitrogens with one attached hydrogen (secondary N) is 2. The van der Waals surface area contributed by atoms with Crippen LogP contribution in [0.1, 0.15) is 23.2 Å². The molecule has 0 aliphatic carbocycles. The Hall–Kier alpha value is -3.36. The molecule has 27 heavy (non-hydrogen) atoms. The predicted molar refractivity (Wildman–Crippen MR) is 91.1 cm³/mol. The van der Waals surface area contributed by atoms with Crippen LogP contribution in [-0.2, 0) is 9.59 Å². The van der Waals surface area contributed by atoms with E-state index in [-0.39, 0.29) is 24.1 Å². The highest BCUT2D eigenvalue weighted by Crippen LogP contribution is 2.14. The molecule has 0 unspecified atom stereocenters. The molecule has 0 aliphatic heterocycles. The highest BCUT2D eigenvalue weighted by Gasteiger charge is 2.22. The third-order valence-corrected chi connectivity index (χ3v) is 3.59. The first-order valence-electron chi connectivity index (χ1n) is 7.87. The van der Waals surface area contributed by atoms with Crippen LogP contribution in [0.3, 0.4) is 0 Å². The van der Waals surface area contributed by atoms with E-state index in [2.05, 4.69) is 10.6 Å². The summed E-state index contributed by atoms with van der Waals surface area (Å²) in [5.74, 6) is -4.88. The Labute approximate surface area is 152 Å². The number of carbonyl (C=O) groups is 3. The smallest absolute Gasteiger partial charge is 0.251 e. The predicted octanol–water partition coefficient (Wildman–Crippen LogP) is 2.11. The number of benzene rings is 2. The average molecular weight is 379 g/mol. The van der Waals surface area contributed by atoms with Crippen LogP contribution in [0.5, 0.6) is 0 Å². The van der Waals surface area contributed by atoms with Gasteiger partial charge in [0.1, 0.15) is 11.9 Å². The molecule has 2 aromatic rings. The number of halogens is 3. The van der Waals surface area contributed by atoms with Gasteiger partial charge in [-0.05, 0) is 42.8 Å². The van der Waals surface area contributed by atoms with Crippen LogP contribution in [0.4, 0.5) is 18.9 Å². The molecule has 1 atom stereocenters. The van der Waals surface area contributed by atoms with Gasteiger partial charge in [-0.2, -0.15) is 0 Å². The van der Waals surface area contributed by atoms with Crippen LogP contribution in [0, 0.1) is 17.5 Å². The van der Waals surface area contributed by atoms with E-state index in [0.717, 1.165) is 30.3 Å². The largest absolute Gasteiger partial charge is 0.370 e. The van der Waals surface area contributed by atoms with Crippen molar-refractivity contribution in [3.63, 3.8) is 0 Å². The number of amides is 3. The Bertz CT molecular complexity index is 857. The van der Waals surface area contributed by atoms with Gasteiger partial charge in [-0.3, -0.25) is 14.4 Å². The maximum atomic E-state index is 13.3. The van der Waals surface area contributed by atoms with Crippen molar-refractivity contribution in [3.05, 3.63) is 65.5 Å². The van der Waals surface area contributed by atoms with Crippen molar-refractivity contribution in [3.8, 4) is 0 Å². The van der Waals surface area contributed by atoms with Gasteiger partial charge in [0.25, 0.3) is 5.91 Å². The molecule has 2 aromatic carbocycles. The van der Waals surface area contributed by atoms with Crippen molar-refractivity contribution in [1.29, 1.82) is 0 Å². The number of primary amides is 1. The number of carbonyl (C=O) groups excluding carboxylic acids is 3. The molecule has 0 bridgehead atoms. The molecule has 2 rings (SSSR count). The minimum absolute atomic E-state index is 0.0287. The standard InChI is InChI=1S/C18H16F3N3O3/c19-11-3-1-10(2-4-11)17(26)24-15(7-8-16(22)25)18(27)23-12-5-6-13(20)14(21)9-12/h1-6,9,15H,7-8H2,(H2,22,25)(H,23,27)(H,24,26)/t15-/m0/s1. The van der Waals surface area contributed by atoms with E-state index in [4.69, 9.17) is 5.73 Å². The molecule has 6 nitrogen and oxygen atoms in total. The Morgan fingerprint density at radius 1 is 0.963 bits per heavy atom. The summed E-state index contributed by atoms with van der Waals surface area (Å²) in [6, 6.07) is 6.18. The van der Waals surface area contributed by atoms with Gasteiger partial charge in [-0.25, -0.2) is 13.2 Å². The molecular formula is C18H16F3N3O3. The Morgan fingerprint density at radius 2 is 1.63 bits per heavy atom. The van der Waals surface area contributed by atoms with Crippen LogP contribution >= 0.6 is 0 Å². The third kappa shape index (κ3) is 5.84. The van der Waals surface area contributed by atoms with Gasteiger partial charge in [0, 0.05) is 23.7 Å². The Kier molecular flexibility index (Phi) is 6.53. The van der Waals surface area contributed by atoms with Crippen molar-refractivity contribution in [2.24, 2.45) is 5.73 Å². The summed E-state index contributed by atoms with van der Waals surface area (Å²) in [6.07, 6.45) is -0.308. The van der Waals surface area contributed by atoms with Gasteiger partial charge < -0.3 is 16.4 Å². The van der Waals surface area contributed by atoms with E-state index in [1.54, 1.807) is 0 Å². The van der Waals surface area contributed by atoms with Gasteiger partial charge in [-0.15, -0.1) is 0 Å². The van der Waals surface area contributed by atoms with Crippen molar-refractivity contribution in [2.45, 2.75) is 18.9 Å². The van der Waals surface area contributed by atoms with Gasteiger partial charge in [-0.1, -0.05) is 0 Å². The molecule has 0 heterocycles. The quantitative estimate of drug-likeness (QED) is 0.687. The van der Waals surface area contributed by atoms with Gasteiger partial charge in [0.15, 0.2) is 11.6 Å². The topological polar surface area (TPSA) is 101 Å². The number of hydrogen-bond donors (Lipinski definition) is 3. The summed E-state index contributed by atoms with van der Waals surface area (Å²) in [6.45, 7) is 0. The van der Waals surface area contributed by atoms with E-state index in [1.165, 1.54) is 12.1 Å². The Morgan fingerprint density at radius 3 is 2.22 bits per heavy atom. The zero-order chi connectivity index (χ0) is 20.0. The SMILES string of the molecule is NC(=O)CC[C@H](NC(=O)c1ccc(F)cc1)C(=O)Nc1ccc(F)c(F)c1. The van der Waals surface area contributed by atoms with Crippen LogP contribution in [0.15, 0.2) is 42.5 Å². The van der Waals surface area contributed by atoms with Crippen molar-refractivity contribution < 1.29 is 27.6 Å². The van der Waals surface area contributed by atoms with E-state index in [0.29, 0.717) is 0 Å². The lowest BCUT2D eigenvalue weighted by Gasteiger charge is -2.18. The monoisotopic (exact) mass is 379 g/mol. The van der Waals surface area contributed by atoms with Crippen LogP contribution in [-0.4, -0.2) is 23.8 Å². The molecular weight excluding hydrogens is 363 g/mol. The average Bonchev–Trinajstić information content (AvgIpc) is 2.61. The van der Waals surface area contributed by atoms with Crippen molar-refractivity contribution in [2.75, 3.05) is 5.32 Å². The fourth-order valence-electron chi connectivity index (χ4n) is 2.20. The normalized spacial score (nSPS) is 11.5. The fourth-order valence-corrected chi connectivity index (χ4v) is 2.20. The second kappa shape index (κ2) is 8.84. The highest BCUT2D eigenvalue weighted by atomic mass is 19.2.